The molecule has 2 N–H and O–H groups in total. The van der Waals surface area contributed by atoms with Crippen molar-refractivity contribution >= 4 is 18.0 Å². The fraction of sp³-hybridized carbons (Fsp3) is 0.464. The van der Waals surface area contributed by atoms with Gasteiger partial charge in [-0.1, -0.05) is 55.0 Å². The van der Waals surface area contributed by atoms with Crippen LogP contribution in [0.2, 0.25) is 0 Å². The average Bonchev–Trinajstić information content (AvgIpc) is 3.38. The number of nitrogens with zero attached hydrogens (tertiary/aromatic N) is 1. The zero-order valence-electron chi connectivity index (χ0n) is 20.1. The van der Waals surface area contributed by atoms with Crippen LogP contribution in [0.25, 0.3) is 11.1 Å². The van der Waals surface area contributed by atoms with Crippen LogP contribution in [-0.4, -0.2) is 53.2 Å². The highest BCUT2D eigenvalue weighted by Gasteiger charge is 2.48. The Bertz CT molecular complexity index is 1110. The number of hydrogen-bond donors (Lipinski definition) is 2. The number of carbonyl (C=O) groups excluding carboxylic acids is 2. The summed E-state index contributed by atoms with van der Waals surface area (Å²) in [6, 6.07) is 16.4. The van der Waals surface area contributed by atoms with Gasteiger partial charge in [-0.25, -0.2) is 9.59 Å². The second kappa shape index (κ2) is 9.02. The van der Waals surface area contributed by atoms with Gasteiger partial charge >= 0.3 is 12.1 Å². The van der Waals surface area contributed by atoms with Gasteiger partial charge in [-0.05, 0) is 60.3 Å². The van der Waals surface area contributed by atoms with Crippen LogP contribution in [0.3, 0.4) is 0 Å². The molecule has 2 amide bonds. The highest BCUT2D eigenvalue weighted by Crippen LogP contribution is 2.46. The van der Waals surface area contributed by atoms with E-state index in [9.17, 15) is 19.5 Å². The highest BCUT2D eigenvalue weighted by molar-refractivity contribution is 5.88. The molecule has 0 aromatic heterocycles. The number of benzene rings is 2. The summed E-state index contributed by atoms with van der Waals surface area (Å²) in [5.74, 6) is -1.10. The molecule has 1 heterocycles. The molecule has 2 aromatic carbocycles. The standard InChI is InChI=1S/C28H32N2O5/c1-27(25(32)33)12-7-15-30(27)24(31)16-28(13-6-14-28)18-29-26(34)35-17-23-21-10-4-2-8-19(21)20-9-3-5-11-22(20)23/h2-5,8-11,23H,6-7,12-18H2,1H3,(H,29,34)(H,32,33)/t27-/m1/s1. The lowest BCUT2D eigenvalue weighted by Crippen LogP contribution is -2.53. The van der Waals surface area contributed by atoms with Gasteiger partial charge in [-0.2, -0.15) is 0 Å². The van der Waals surface area contributed by atoms with Crippen molar-refractivity contribution in [1.29, 1.82) is 0 Å². The van der Waals surface area contributed by atoms with Crippen LogP contribution in [0.15, 0.2) is 48.5 Å². The largest absolute Gasteiger partial charge is 0.480 e. The lowest BCUT2D eigenvalue weighted by Gasteiger charge is -2.43. The van der Waals surface area contributed by atoms with Gasteiger partial charge in [0.15, 0.2) is 0 Å². The van der Waals surface area contributed by atoms with Crippen LogP contribution in [0.1, 0.15) is 62.5 Å². The normalized spacial score (nSPS) is 22.1. The minimum Gasteiger partial charge on any atom is -0.480 e. The van der Waals surface area contributed by atoms with Gasteiger partial charge in [-0.3, -0.25) is 4.79 Å². The fourth-order valence-electron chi connectivity index (χ4n) is 6.00. The monoisotopic (exact) mass is 476 g/mol. The Hall–Kier alpha value is -3.35. The molecule has 5 rings (SSSR count). The lowest BCUT2D eigenvalue weighted by molar-refractivity contribution is -0.156. The van der Waals surface area contributed by atoms with Crippen molar-refractivity contribution in [2.75, 3.05) is 19.7 Å². The van der Waals surface area contributed by atoms with Crippen LogP contribution >= 0.6 is 0 Å². The molecular weight excluding hydrogens is 444 g/mol. The fourth-order valence-corrected chi connectivity index (χ4v) is 6.00. The Balaban J connectivity index is 1.18. The molecule has 0 spiro atoms. The third kappa shape index (κ3) is 4.17. The first-order valence-electron chi connectivity index (χ1n) is 12.5. The van der Waals surface area contributed by atoms with E-state index < -0.39 is 17.6 Å². The maximum atomic E-state index is 13.1. The molecule has 2 fully saturated rings. The molecule has 0 unspecified atom stereocenters. The maximum absolute atomic E-state index is 13.1. The van der Waals surface area contributed by atoms with E-state index in [1.165, 1.54) is 16.0 Å². The van der Waals surface area contributed by atoms with E-state index in [4.69, 9.17) is 4.74 Å². The second-order valence-electron chi connectivity index (χ2n) is 10.4. The van der Waals surface area contributed by atoms with Gasteiger partial charge in [0.1, 0.15) is 12.1 Å². The zero-order valence-corrected chi connectivity index (χ0v) is 20.1. The molecule has 1 saturated carbocycles. The van der Waals surface area contributed by atoms with Gasteiger partial charge in [0, 0.05) is 25.4 Å². The van der Waals surface area contributed by atoms with Crippen molar-refractivity contribution in [3.63, 3.8) is 0 Å². The topological polar surface area (TPSA) is 95.9 Å². The Kier molecular flexibility index (Phi) is 6.03. The molecule has 1 aliphatic heterocycles. The van der Waals surface area contributed by atoms with E-state index in [1.54, 1.807) is 6.92 Å². The van der Waals surface area contributed by atoms with E-state index in [2.05, 4.69) is 29.6 Å². The SMILES string of the molecule is C[C@]1(C(=O)O)CCCN1C(=O)CC1(CNC(=O)OCC2c3ccccc3-c3ccccc32)CCC1. The van der Waals surface area contributed by atoms with Crippen molar-refractivity contribution in [2.24, 2.45) is 5.41 Å². The number of likely N-dealkylation sites (tertiary alicyclic amines) is 1. The van der Waals surface area contributed by atoms with Crippen molar-refractivity contribution in [3.05, 3.63) is 59.7 Å². The van der Waals surface area contributed by atoms with Crippen molar-refractivity contribution < 1.29 is 24.2 Å². The van der Waals surface area contributed by atoms with Gasteiger partial charge in [0.2, 0.25) is 5.91 Å². The number of amides is 2. The number of carboxylic acid groups (broad SMARTS) is 1. The van der Waals surface area contributed by atoms with Crippen LogP contribution in [0.4, 0.5) is 4.79 Å². The predicted molar refractivity (Wildman–Crippen MR) is 131 cm³/mol. The van der Waals surface area contributed by atoms with Crippen LogP contribution in [0, 0.1) is 5.41 Å². The maximum Gasteiger partial charge on any atom is 0.407 e. The predicted octanol–water partition coefficient (Wildman–Crippen LogP) is 4.55. The molecule has 35 heavy (non-hydrogen) atoms. The molecule has 7 heteroatoms. The summed E-state index contributed by atoms with van der Waals surface area (Å²) in [6.45, 7) is 2.70. The summed E-state index contributed by atoms with van der Waals surface area (Å²) in [6.07, 6.45) is 3.59. The Morgan fingerprint density at radius 1 is 1.00 bits per heavy atom. The van der Waals surface area contributed by atoms with Gasteiger partial charge < -0.3 is 20.1 Å². The number of rotatable bonds is 7. The number of nitrogens with one attached hydrogen (secondary N) is 1. The van der Waals surface area contributed by atoms with Gasteiger partial charge in [-0.15, -0.1) is 0 Å². The van der Waals surface area contributed by atoms with E-state index in [1.807, 2.05) is 24.3 Å². The number of hydrogen-bond acceptors (Lipinski definition) is 4. The molecule has 7 nitrogen and oxygen atoms in total. The molecule has 2 aromatic rings. The van der Waals surface area contributed by atoms with Crippen LogP contribution in [0.5, 0.6) is 0 Å². The molecule has 2 aliphatic carbocycles. The molecule has 184 valence electrons. The zero-order chi connectivity index (χ0) is 24.6. The van der Waals surface area contributed by atoms with Crippen LogP contribution in [-0.2, 0) is 14.3 Å². The highest BCUT2D eigenvalue weighted by atomic mass is 16.5. The van der Waals surface area contributed by atoms with Crippen molar-refractivity contribution in [2.45, 2.75) is 56.9 Å². The lowest BCUT2D eigenvalue weighted by atomic mass is 9.66. The Morgan fingerprint density at radius 3 is 2.20 bits per heavy atom. The average molecular weight is 477 g/mol. The number of aliphatic carboxylic acids is 1. The quantitative estimate of drug-likeness (QED) is 0.611. The second-order valence-corrected chi connectivity index (χ2v) is 10.4. The Labute approximate surface area is 205 Å². The minimum atomic E-state index is -1.14. The first-order valence-corrected chi connectivity index (χ1v) is 12.5. The van der Waals surface area contributed by atoms with E-state index in [0.717, 1.165) is 30.4 Å². The first kappa shape index (κ1) is 23.4. The van der Waals surface area contributed by atoms with Crippen LogP contribution < -0.4 is 5.32 Å². The first-order chi connectivity index (χ1) is 16.8. The number of fused-ring (bicyclic) bond motifs is 3. The molecular formula is C28H32N2O5. The van der Waals surface area contributed by atoms with Crippen molar-refractivity contribution in [1.82, 2.24) is 10.2 Å². The third-order valence-electron chi connectivity index (χ3n) is 8.29. The summed E-state index contributed by atoms with van der Waals surface area (Å²) < 4.78 is 5.65. The molecule has 1 atom stereocenters. The summed E-state index contributed by atoms with van der Waals surface area (Å²) >= 11 is 0. The molecule has 0 radical (unpaired) electrons. The summed E-state index contributed by atoms with van der Waals surface area (Å²) in [5, 5.41) is 12.5. The van der Waals surface area contributed by atoms with Gasteiger partial charge in [0.05, 0.1) is 0 Å². The number of carbonyl (C=O) groups is 3. The summed E-state index contributed by atoms with van der Waals surface area (Å²) in [5.41, 5.74) is 3.22. The third-order valence-corrected chi connectivity index (χ3v) is 8.29. The van der Waals surface area contributed by atoms with Gasteiger partial charge in [0.25, 0.3) is 0 Å². The molecule has 1 saturated heterocycles. The smallest absolute Gasteiger partial charge is 0.407 e. The molecule has 3 aliphatic rings. The summed E-state index contributed by atoms with van der Waals surface area (Å²) in [7, 11) is 0. The number of ether oxygens (including phenoxy) is 1. The van der Waals surface area contributed by atoms with Crippen molar-refractivity contribution in [3.8, 4) is 11.1 Å². The minimum absolute atomic E-state index is 0.00347. The van der Waals surface area contributed by atoms with E-state index in [-0.39, 0.29) is 30.3 Å². The number of carboxylic acids is 1. The summed E-state index contributed by atoms with van der Waals surface area (Å²) in [4.78, 5) is 39.0. The number of alkyl carbamates (subject to hydrolysis) is 1. The van der Waals surface area contributed by atoms with E-state index in [0.29, 0.717) is 25.9 Å². The van der Waals surface area contributed by atoms with E-state index >= 15 is 0 Å². The molecule has 0 bridgehead atoms. The Morgan fingerprint density at radius 2 is 1.63 bits per heavy atom.